The predicted octanol–water partition coefficient (Wildman–Crippen LogP) is 2.75. The number of nitrogens with zero attached hydrogens (tertiary/aromatic N) is 2. The maximum Gasteiger partial charge on any atom is 0.255 e. The molecule has 0 radical (unpaired) electrons. The number of thioether (sulfide) groups is 1. The molecule has 1 atom stereocenters. The summed E-state index contributed by atoms with van der Waals surface area (Å²) in [4.78, 5) is 4.27. The van der Waals surface area contributed by atoms with Crippen LogP contribution in [0.4, 0.5) is 0 Å². The van der Waals surface area contributed by atoms with Gasteiger partial charge in [-0.15, -0.1) is 0 Å². The van der Waals surface area contributed by atoms with Crippen LogP contribution in [0.25, 0.3) is 0 Å². The van der Waals surface area contributed by atoms with Gasteiger partial charge in [0.1, 0.15) is 11.8 Å². The Bertz CT molecular complexity index is 447. The summed E-state index contributed by atoms with van der Waals surface area (Å²) in [7, 11) is 0. The van der Waals surface area contributed by atoms with Gasteiger partial charge in [-0.3, -0.25) is 5.32 Å². The second-order valence-corrected chi connectivity index (χ2v) is 6.13. The standard InChI is InChI=1S/C13H19N3OS/c1-9(2)16-13(7-14,11-4-5-11)8-18-12-15-10(3)6-17-12/h6,9,11,16H,4-5,8H2,1-3H3. The predicted molar refractivity (Wildman–Crippen MR) is 71.3 cm³/mol. The zero-order chi connectivity index (χ0) is 13.2. The van der Waals surface area contributed by atoms with Crippen LogP contribution in [-0.4, -0.2) is 22.3 Å². The second-order valence-electron chi connectivity index (χ2n) is 5.20. The van der Waals surface area contributed by atoms with Crippen molar-refractivity contribution in [3.8, 4) is 6.07 Å². The van der Waals surface area contributed by atoms with Gasteiger partial charge in [0.05, 0.1) is 11.8 Å². The van der Waals surface area contributed by atoms with E-state index in [0.717, 1.165) is 18.5 Å². The lowest BCUT2D eigenvalue weighted by Crippen LogP contribution is -2.51. The molecule has 0 saturated heterocycles. The summed E-state index contributed by atoms with van der Waals surface area (Å²) in [5.74, 6) is 1.15. The highest BCUT2D eigenvalue weighted by molar-refractivity contribution is 7.99. The van der Waals surface area contributed by atoms with Gasteiger partial charge in [0.15, 0.2) is 0 Å². The molecule has 1 heterocycles. The molecule has 1 aromatic rings. The fraction of sp³-hybridized carbons (Fsp3) is 0.692. The third-order valence-electron chi connectivity index (χ3n) is 3.04. The highest BCUT2D eigenvalue weighted by Gasteiger charge is 2.46. The Balaban J connectivity index is 2.03. The first-order valence-corrected chi connectivity index (χ1v) is 7.28. The summed E-state index contributed by atoms with van der Waals surface area (Å²) < 4.78 is 5.32. The van der Waals surface area contributed by atoms with Crippen LogP contribution in [0.3, 0.4) is 0 Å². The van der Waals surface area contributed by atoms with E-state index in [0.29, 0.717) is 22.9 Å². The van der Waals surface area contributed by atoms with Crippen LogP contribution in [0.1, 0.15) is 32.4 Å². The average Bonchev–Trinajstić information content (AvgIpc) is 3.09. The topological polar surface area (TPSA) is 61.9 Å². The van der Waals surface area contributed by atoms with Crippen molar-refractivity contribution >= 4 is 11.8 Å². The third kappa shape index (κ3) is 3.06. The Morgan fingerprint density at radius 2 is 2.39 bits per heavy atom. The Morgan fingerprint density at radius 1 is 1.67 bits per heavy atom. The molecule has 2 rings (SSSR count). The minimum Gasteiger partial charge on any atom is -0.440 e. The maximum absolute atomic E-state index is 9.54. The van der Waals surface area contributed by atoms with Crippen molar-refractivity contribution in [2.24, 2.45) is 5.92 Å². The van der Waals surface area contributed by atoms with E-state index in [9.17, 15) is 5.26 Å². The number of rotatable bonds is 6. The van der Waals surface area contributed by atoms with E-state index in [4.69, 9.17) is 4.42 Å². The number of oxazole rings is 1. The monoisotopic (exact) mass is 265 g/mol. The lowest BCUT2D eigenvalue weighted by Gasteiger charge is -2.29. The van der Waals surface area contributed by atoms with E-state index in [2.05, 4.69) is 30.2 Å². The molecule has 0 bridgehead atoms. The Labute approximate surface area is 112 Å². The molecule has 1 aliphatic rings. The summed E-state index contributed by atoms with van der Waals surface area (Å²) >= 11 is 1.52. The van der Waals surface area contributed by atoms with Crippen LogP contribution in [0.5, 0.6) is 0 Å². The van der Waals surface area contributed by atoms with Crippen molar-refractivity contribution in [1.82, 2.24) is 10.3 Å². The van der Waals surface area contributed by atoms with Crippen molar-refractivity contribution in [2.75, 3.05) is 5.75 Å². The van der Waals surface area contributed by atoms with Gasteiger partial charge in [0.25, 0.3) is 5.22 Å². The fourth-order valence-corrected chi connectivity index (χ4v) is 3.16. The molecule has 4 nitrogen and oxygen atoms in total. The zero-order valence-corrected chi connectivity index (χ0v) is 11.9. The van der Waals surface area contributed by atoms with Crippen molar-refractivity contribution in [3.05, 3.63) is 12.0 Å². The van der Waals surface area contributed by atoms with Gasteiger partial charge >= 0.3 is 0 Å². The molecule has 1 saturated carbocycles. The molecule has 1 aliphatic carbocycles. The molecule has 1 N–H and O–H groups in total. The van der Waals surface area contributed by atoms with Gasteiger partial charge in [0.2, 0.25) is 0 Å². The van der Waals surface area contributed by atoms with Gasteiger partial charge in [-0.1, -0.05) is 11.8 Å². The van der Waals surface area contributed by atoms with Crippen LogP contribution in [0.2, 0.25) is 0 Å². The van der Waals surface area contributed by atoms with Gasteiger partial charge in [-0.05, 0) is 39.5 Å². The minimum atomic E-state index is -0.443. The van der Waals surface area contributed by atoms with Crippen LogP contribution < -0.4 is 5.32 Å². The van der Waals surface area contributed by atoms with Crippen LogP contribution >= 0.6 is 11.8 Å². The van der Waals surface area contributed by atoms with Crippen molar-refractivity contribution in [3.63, 3.8) is 0 Å². The molecule has 0 aliphatic heterocycles. The van der Waals surface area contributed by atoms with Gasteiger partial charge < -0.3 is 4.42 Å². The number of hydrogen-bond donors (Lipinski definition) is 1. The number of nitriles is 1. The fourth-order valence-electron chi connectivity index (χ4n) is 2.10. The molecular formula is C13H19N3OS. The Morgan fingerprint density at radius 3 is 2.83 bits per heavy atom. The SMILES string of the molecule is Cc1coc(SCC(C#N)(NC(C)C)C2CC2)n1. The molecule has 18 heavy (non-hydrogen) atoms. The van der Waals surface area contributed by atoms with E-state index in [1.807, 2.05) is 6.92 Å². The van der Waals surface area contributed by atoms with E-state index < -0.39 is 5.54 Å². The molecule has 5 heteroatoms. The Hall–Kier alpha value is -0.990. The van der Waals surface area contributed by atoms with E-state index in [1.165, 1.54) is 11.8 Å². The minimum absolute atomic E-state index is 0.303. The molecule has 1 unspecified atom stereocenters. The molecule has 0 spiro atoms. The summed E-state index contributed by atoms with van der Waals surface area (Å²) in [6.07, 6.45) is 3.92. The molecule has 98 valence electrons. The summed E-state index contributed by atoms with van der Waals surface area (Å²) in [6, 6.07) is 2.79. The Kier molecular flexibility index (Phi) is 3.98. The molecular weight excluding hydrogens is 246 g/mol. The highest BCUT2D eigenvalue weighted by atomic mass is 32.2. The van der Waals surface area contributed by atoms with Crippen molar-refractivity contribution in [2.45, 2.75) is 50.4 Å². The van der Waals surface area contributed by atoms with Gasteiger partial charge in [0, 0.05) is 11.8 Å². The van der Waals surface area contributed by atoms with E-state index in [-0.39, 0.29) is 0 Å². The largest absolute Gasteiger partial charge is 0.440 e. The lowest BCUT2D eigenvalue weighted by atomic mass is 9.96. The van der Waals surface area contributed by atoms with Crippen molar-refractivity contribution < 1.29 is 4.42 Å². The van der Waals surface area contributed by atoms with Crippen LogP contribution in [0.15, 0.2) is 15.9 Å². The first-order chi connectivity index (χ1) is 8.55. The quantitative estimate of drug-likeness (QED) is 0.801. The number of hydrogen-bond acceptors (Lipinski definition) is 5. The number of aromatic nitrogens is 1. The smallest absolute Gasteiger partial charge is 0.255 e. The highest BCUT2D eigenvalue weighted by Crippen LogP contribution is 2.42. The van der Waals surface area contributed by atoms with E-state index >= 15 is 0 Å². The summed E-state index contributed by atoms with van der Waals surface area (Å²) in [5, 5.41) is 13.6. The lowest BCUT2D eigenvalue weighted by molar-refractivity contribution is 0.368. The van der Waals surface area contributed by atoms with Gasteiger partial charge in [-0.2, -0.15) is 5.26 Å². The third-order valence-corrected chi connectivity index (χ3v) is 4.08. The molecule has 0 aromatic carbocycles. The van der Waals surface area contributed by atoms with E-state index in [1.54, 1.807) is 6.26 Å². The van der Waals surface area contributed by atoms with Crippen molar-refractivity contribution in [1.29, 1.82) is 5.26 Å². The molecule has 1 aromatic heterocycles. The summed E-state index contributed by atoms with van der Waals surface area (Å²) in [5.41, 5.74) is 0.435. The van der Waals surface area contributed by atoms with Crippen LogP contribution in [0, 0.1) is 24.2 Å². The van der Waals surface area contributed by atoms with Crippen LogP contribution in [-0.2, 0) is 0 Å². The molecule has 0 amide bonds. The number of aryl methyl sites for hydroxylation is 1. The average molecular weight is 265 g/mol. The molecule has 1 fully saturated rings. The number of nitrogens with one attached hydrogen (secondary N) is 1. The second kappa shape index (κ2) is 5.33. The normalized spacial score (nSPS) is 18.6. The first kappa shape index (κ1) is 13.4. The summed E-state index contributed by atoms with van der Waals surface area (Å²) in [6.45, 7) is 6.06. The zero-order valence-electron chi connectivity index (χ0n) is 11.1. The van der Waals surface area contributed by atoms with Gasteiger partial charge in [-0.25, -0.2) is 4.98 Å². The first-order valence-electron chi connectivity index (χ1n) is 6.29. The maximum atomic E-state index is 9.54.